The second-order valence-corrected chi connectivity index (χ2v) is 4.78. The van der Waals surface area contributed by atoms with E-state index in [4.69, 9.17) is 16.1 Å². The summed E-state index contributed by atoms with van der Waals surface area (Å²) in [4.78, 5) is 11.5. The number of hydrogen-bond acceptors (Lipinski definition) is 3. The SMILES string of the molecule is O=C(Nc1cc(-c2ccc(Cl)cc2)no1)C1CC1. The first-order valence-corrected chi connectivity index (χ1v) is 6.14. The lowest BCUT2D eigenvalue weighted by atomic mass is 10.1. The summed E-state index contributed by atoms with van der Waals surface area (Å²) in [5, 5.41) is 7.30. The summed E-state index contributed by atoms with van der Waals surface area (Å²) in [6.07, 6.45) is 1.92. The van der Waals surface area contributed by atoms with E-state index in [1.807, 2.05) is 12.1 Å². The van der Waals surface area contributed by atoms with Crippen molar-refractivity contribution in [3.8, 4) is 11.3 Å². The molecule has 1 amide bonds. The number of carbonyl (C=O) groups is 1. The number of halogens is 1. The Morgan fingerprint density at radius 1 is 1.33 bits per heavy atom. The highest BCUT2D eigenvalue weighted by Crippen LogP contribution is 2.31. The number of nitrogens with one attached hydrogen (secondary N) is 1. The first kappa shape index (κ1) is 11.3. The van der Waals surface area contributed by atoms with E-state index in [1.54, 1.807) is 18.2 Å². The maximum absolute atomic E-state index is 11.5. The number of nitrogens with zero attached hydrogens (tertiary/aromatic N) is 1. The third-order valence-corrected chi connectivity index (χ3v) is 3.10. The molecule has 3 rings (SSSR count). The normalized spacial score (nSPS) is 14.5. The van der Waals surface area contributed by atoms with Gasteiger partial charge in [-0.25, -0.2) is 0 Å². The van der Waals surface area contributed by atoms with Crippen molar-refractivity contribution < 1.29 is 9.32 Å². The van der Waals surface area contributed by atoms with Crippen molar-refractivity contribution in [1.29, 1.82) is 0 Å². The van der Waals surface area contributed by atoms with Crippen LogP contribution >= 0.6 is 11.6 Å². The van der Waals surface area contributed by atoms with E-state index >= 15 is 0 Å². The largest absolute Gasteiger partial charge is 0.338 e. The number of aromatic nitrogens is 1. The fraction of sp³-hybridized carbons (Fsp3) is 0.231. The maximum atomic E-state index is 11.5. The second-order valence-electron chi connectivity index (χ2n) is 4.35. The Morgan fingerprint density at radius 2 is 2.06 bits per heavy atom. The molecule has 4 nitrogen and oxygen atoms in total. The minimum atomic E-state index is 0.00815. The van der Waals surface area contributed by atoms with Crippen molar-refractivity contribution in [1.82, 2.24) is 5.16 Å². The van der Waals surface area contributed by atoms with Crippen LogP contribution in [0.2, 0.25) is 5.02 Å². The molecule has 0 radical (unpaired) electrons. The lowest BCUT2D eigenvalue weighted by Gasteiger charge is -1.96. The Bertz CT molecular complexity index is 573. The highest BCUT2D eigenvalue weighted by Gasteiger charge is 2.30. The van der Waals surface area contributed by atoms with E-state index < -0.39 is 0 Å². The van der Waals surface area contributed by atoms with Gasteiger partial charge in [0.1, 0.15) is 5.69 Å². The van der Waals surface area contributed by atoms with Gasteiger partial charge in [-0.2, -0.15) is 0 Å². The van der Waals surface area contributed by atoms with Gasteiger partial charge in [0.2, 0.25) is 11.8 Å². The zero-order valence-corrected chi connectivity index (χ0v) is 10.3. The molecule has 0 unspecified atom stereocenters. The van der Waals surface area contributed by atoms with Gasteiger partial charge in [-0.15, -0.1) is 0 Å². The average Bonchev–Trinajstić information content (AvgIpc) is 3.12. The van der Waals surface area contributed by atoms with Crippen LogP contribution in [0.25, 0.3) is 11.3 Å². The molecule has 1 fully saturated rings. The van der Waals surface area contributed by atoms with E-state index in [-0.39, 0.29) is 11.8 Å². The van der Waals surface area contributed by atoms with Crippen molar-refractivity contribution in [2.24, 2.45) is 5.92 Å². The van der Waals surface area contributed by atoms with Crippen molar-refractivity contribution >= 4 is 23.4 Å². The van der Waals surface area contributed by atoms with Gasteiger partial charge >= 0.3 is 0 Å². The molecule has 92 valence electrons. The third kappa shape index (κ3) is 2.38. The zero-order valence-electron chi connectivity index (χ0n) is 9.52. The number of rotatable bonds is 3. The Hall–Kier alpha value is -1.81. The molecule has 1 heterocycles. The minimum Gasteiger partial charge on any atom is -0.338 e. The summed E-state index contributed by atoms with van der Waals surface area (Å²) in [6, 6.07) is 8.99. The Morgan fingerprint density at radius 3 is 2.72 bits per heavy atom. The first-order chi connectivity index (χ1) is 8.72. The van der Waals surface area contributed by atoms with Crippen LogP contribution in [0, 0.1) is 5.92 Å². The fourth-order valence-electron chi connectivity index (χ4n) is 1.66. The van der Waals surface area contributed by atoms with Crippen LogP contribution in [-0.4, -0.2) is 11.1 Å². The van der Waals surface area contributed by atoms with Crippen LogP contribution in [0.3, 0.4) is 0 Å². The van der Waals surface area contributed by atoms with Gasteiger partial charge in [0.15, 0.2) is 0 Å². The summed E-state index contributed by atoms with van der Waals surface area (Å²) in [6.45, 7) is 0. The van der Waals surface area contributed by atoms with Gasteiger partial charge in [0.25, 0.3) is 0 Å². The number of anilines is 1. The summed E-state index contributed by atoms with van der Waals surface area (Å²) in [7, 11) is 0. The van der Waals surface area contributed by atoms with Gasteiger partial charge in [-0.05, 0) is 25.0 Å². The predicted molar refractivity (Wildman–Crippen MR) is 68.3 cm³/mol. The van der Waals surface area contributed by atoms with E-state index in [9.17, 15) is 4.79 Å². The van der Waals surface area contributed by atoms with E-state index in [2.05, 4.69) is 10.5 Å². The molecule has 0 bridgehead atoms. The maximum Gasteiger partial charge on any atom is 0.231 e. The Labute approximate surface area is 109 Å². The number of benzene rings is 1. The van der Waals surface area contributed by atoms with Crippen molar-refractivity contribution in [3.05, 3.63) is 35.4 Å². The van der Waals surface area contributed by atoms with Crippen LogP contribution in [0.1, 0.15) is 12.8 Å². The number of hydrogen-bond donors (Lipinski definition) is 1. The van der Waals surface area contributed by atoms with Gasteiger partial charge in [0, 0.05) is 22.6 Å². The molecule has 0 atom stereocenters. The van der Waals surface area contributed by atoms with Crippen molar-refractivity contribution in [2.75, 3.05) is 5.32 Å². The minimum absolute atomic E-state index is 0.00815. The second kappa shape index (κ2) is 4.46. The lowest BCUT2D eigenvalue weighted by molar-refractivity contribution is -0.117. The van der Waals surface area contributed by atoms with Gasteiger partial charge in [-0.3, -0.25) is 10.1 Å². The molecule has 0 spiro atoms. The third-order valence-electron chi connectivity index (χ3n) is 2.84. The monoisotopic (exact) mass is 262 g/mol. The molecule has 1 aromatic heterocycles. The van der Waals surface area contributed by atoms with Gasteiger partial charge in [-0.1, -0.05) is 28.9 Å². The number of carbonyl (C=O) groups excluding carboxylic acids is 1. The number of amides is 1. The molecule has 1 aliphatic carbocycles. The van der Waals surface area contributed by atoms with Gasteiger partial charge in [0.05, 0.1) is 0 Å². The van der Waals surface area contributed by atoms with E-state index in [0.717, 1.165) is 18.4 Å². The van der Waals surface area contributed by atoms with Crippen LogP contribution in [-0.2, 0) is 4.79 Å². The molecule has 1 N–H and O–H groups in total. The summed E-state index contributed by atoms with van der Waals surface area (Å²) in [5.41, 5.74) is 1.58. The Kier molecular flexibility index (Phi) is 2.80. The highest BCUT2D eigenvalue weighted by atomic mass is 35.5. The molecule has 18 heavy (non-hydrogen) atoms. The van der Waals surface area contributed by atoms with Crippen LogP contribution in [0.5, 0.6) is 0 Å². The van der Waals surface area contributed by atoms with Crippen LogP contribution < -0.4 is 5.32 Å². The molecule has 1 aliphatic rings. The Balaban J connectivity index is 1.76. The van der Waals surface area contributed by atoms with Crippen LogP contribution in [0.15, 0.2) is 34.9 Å². The fourth-order valence-corrected chi connectivity index (χ4v) is 1.79. The highest BCUT2D eigenvalue weighted by molar-refractivity contribution is 6.30. The zero-order chi connectivity index (χ0) is 12.5. The van der Waals surface area contributed by atoms with Crippen LogP contribution in [0.4, 0.5) is 5.88 Å². The smallest absolute Gasteiger partial charge is 0.231 e. The molecule has 5 heteroatoms. The molecular formula is C13H11ClN2O2. The summed E-state index contributed by atoms with van der Waals surface area (Å²) >= 11 is 5.81. The summed E-state index contributed by atoms with van der Waals surface area (Å²) in [5.74, 6) is 0.541. The summed E-state index contributed by atoms with van der Waals surface area (Å²) < 4.78 is 5.08. The molecule has 1 aromatic carbocycles. The van der Waals surface area contributed by atoms with Gasteiger partial charge < -0.3 is 4.52 Å². The van der Waals surface area contributed by atoms with E-state index in [1.165, 1.54) is 0 Å². The lowest BCUT2D eigenvalue weighted by Crippen LogP contribution is -2.12. The molecular weight excluding hydrogens is 252 g/mol. The molecule has 2 aromatic rings. The quantitative estimate of drug-likeness (QED) is 0.923. The first-order valence-electron chi connectivity index (χ1n) is 5.76. The predicted octanol–water partition coefficient (Wildman–Crippen LogP) is 3.34. The molecule has 1 saturated carbocycles. The van der Waals surface area contributed by atoms with E-state index in [0.29, 0.717) is 16.6 Å². The molecule has 0 saturated heterocycles. The standard InChI is InChI=1S/C13H11ClN2O2/c14-10-5-3-8(4-6-10)11-7-12(18-16-11)15-13(17)9-1-2-9/h3-7,9H,1-2H2,(H,15,17). The van der Waals surface area contributed by atoms with Crippen molar-refractivity contribution in [2.45, 2.75) is 12.8 Å². The topological polar surface area (TPSA) is 55.1 Å². The van der Waals surface area contributed by atoms with Crippen molar-refractivity contribution in [3.63, 3.8) is 0 Å². The average molecular weight is 263 g/mol. The molecule has 0 aliphatic heterocycles.